The Balaban J connectivity index is 2.44. The summed E-state index contributed by atoms with van der Waals surface area (Å²) in [6.07, 6.45) is 5.20. The lowest BCUT2D eigenvalue weighted by molar-refractivity contribution is 0.398. The van der Waals surface area contributed by atoms with Gasteiger partial charge < -0.3 is 5.32 Å². The van der Waals surface area contributed by atoms with Crippen molar-refractivity contribution in [1.29, 1.82) is 0 Å². The minimum absolute atomic E-state index is 0.328. The molecule has 1 nitrogen and oxygen atoms in total. The van der Waals surface area contributed by atoms with Crippen molar-refractivity contribution < 1.29 is 0 Å². The van der Waals surface area contributed by atoms with E-state index in [-0.39, 0.29) is 0 Å². The Labute approximate surface area is 117 Å². The van der Waals surface area contributed by atoms with Crippen LogP contribution < -0.4 is 5.32 Å². The van der Waals surface area contributed by atoms with E-state index < -0.39 is 0 Å². The van der Waals surface area contributed by atoms with E-state index in [0.29, 0.717) is 6.04 Å². The van der Waals surface area contributed by atoms with Crippen molar-refractivity contribution in [2.24, 2.45) is 5.92 Å². The molecular formula is C16H26ClN. The largest absolute Gasteiger partial charge is 0.310 e. The van der Waals surface area contributed by atoms with Crippen LogP contribution >= 0.6 is 11.6 Å². The zero-order chi connectivity index (χ0) is 13.4. The molecule has 1 unspecified atom stereocenters. The maximum absolute atomic E-state index is 6.21. The molecule has 1 aromatic carbocycles. The topological polar surface area (TPSA) is 12.0 Å². The summed E-state index contributed by atoms with van der Waals surface area (Å²) < 4.78 is 0. The van der Waals surface area contributed by atoms with Crippen LogP contribution in [-0.2, 0) is 0 Å². The van der Waals surface area contributed by atoms with Gasteiger partial charge in [0.2, 0.25) is 0 Å². The van der Waals surface area contributed by atoms with Crippen LogP contribution in [0, 0.1) is 5.92 Å². The van der Waals surface area contributed by atoms with E-state index in [1.54, 1.807) is 0 Å². The first-order valence-corrected chi connectivity index (χ1v) is 7.54. The van der Waals surface area contributed by atoms with Gasteiger partial charge in [-0.15, -0.1) is 0 Å². The first-order chi connectivity index (χ1) is 8.69. The van der Waals surface area contributed by atoms with Crippen molar-refractivity contribution in [3.05, 3.63) is 34.9 Å². The maximum atomic E-state index is 6.21. The third-order valence-electron chi connectivity index (χ3n) is 3.63. The van der Waals surface area contributed by atoms with Crippen LogP contribution in [-0.4, -0.2) is 6.54 Å². The number of nitrogens with one attached hydrogen (secondary N) is 1. The Morgan fingerprint density at radius 2 is 1.94 bits per heavy atom. The van der Waals surface area contributed by atoms with Gasteiger partial charge in [0.1, 0.15) is 0 Å². The van der Waals surface area contributed by atoms with Crippen LogP contribution in [0.15, 0.2) is 24.3 Å². The average molecular weight is 268 g/mol. The molecule has 0 spiro atoms. The van der Waals surface area contributed by atoms with Crippen molar-refractivity contribution in [2.75, 3.05) is 6.54 Å². The van der Waals surface area contributed by atoms with Gasteiger partial charge in [-0.1, -0.05) is 62.9 Å². The van der Waals surface area contributed by atoms with Crippen LogP contribution in [0.3, 0.4) is 0 Å². The average Bonchev–Trinajstić information content (AvgIpc) is 2.39. The Morgan fingerprint density at radius 3 is 2.56 bits per heavy atom. The van der Waals surface area contributed by atoms with Gasteiger partial charge in [0, 0.05) is 11.1 Å². The Kier molecular flexibility index (Phi) is 7.38. The van der Waals surface area contributed by atoms with Crippen LogP contribution in [0.5, 0.6) is 0 Å². The number of halogens is 1. The van der Waals surface area contributed by atoms with Crippen molar-refractivity contribution >= 4 is 11.6 Å². The minimum atomic E-state index is 0.328. The molecule has 1 aromatic rings. The fourth-order valence-electron chi connectivity index (χ4n) is 2.22. The predicted octanol–water partition coefficient (Wildman–Crippen LogP) is 5.21. The van der Waals surface area contributed by atoms with Crippen molar-refractivity contribution in [3.8, 4) is 0 Å². The van der Waals surface area contributed by atoms with Crippen LogP contribution in [0.2, 0.25) is 5.02 Å². The smallest absolute Gasteiger partial charge is 0.0453 e. The van der Waals surface area contributed by atoms with Gasteiger partial charge in [-0.25, -0.2) is 0 Å². The SMILES string of the molecule is CCCCC(CC)CN[C@H](C)c1ccccc1Cl. The summed E-state index contributed by atoms with van der Waals surface area (Å²) in [6, 6.07) is 8.42. The molecule has 1 rings (SSSR count). The van der Waals surface area contributed by atoms with Gasteiger partial charge in [-0.3, -0.25) is 0 Å². The quantitative estimate of drug-likeness (QED) is 0.682. The van der Waals surface area contributed by atoms with E-state index in [4.69, 9.17) is 11.6 Å². The molecule has 0 amide bonds. The summed E-state index contributed by atoms with van der Waals surface area (Å²) in [5.74, 6) is 0.787. The van der Waals surface area contributed by atoms with Crippen molar-refractivity contribution in [2.45, 2.75) is 52.5 Å². The summed E-state index contributed by atoms with van der Waals surface area (Å²) in [5, 5.41) is 4.48. The predicted molar refractivity (Wildman–Crippen MR) is 81.2 cm³/mol. The highest BCUT2D eigenvalue weighted by atomic mass is 35.5. The van der Waals surface area contributed by atoms with E-state index in [2.05, 4.69) is 32.2 Å². The zero-order valence-electron chi connectivity index (χ0n) is 11.9. The Hall–Kier alpha value is -0.530. The molecule has 18 heavy (non-hydrogen) atoms. The van der Waals surface area contributed by atoms with Gasteiger partial charge in [-0.2, -0.15) is 0 Å². The fraction of sp³-hybridized carbons (Fsp3) is 0.625. The molecular weight excluding hydrogens is 242 g/mol. The first kappa shape index (κ1) is 15.5. The summed E-state index contributed by atoms with van der Waals surface area (Å²) in [7, 11) is 0. The Bertz CT molecular complexity index is 338. The van der Waals surface area contributed by atoms with E-state index in [1.807, 2.05) is 18.2 Å². The lowest BCUT2D eigenvalue weighted by Gasteiger charge is -2.20. The van der Waals surface area contributed by atoms with E-state index in [9.17, 15) is 0 Å². The summed E-state index contributed by atoms with van der Waals surface area (Å²) >= 11 is 6.21. The summed E-state index contributed by atoms with van der Waals surface area (Å²) in [5.41, 5.74) is 1.20. The number of unbranched alkanes of at least 4 members (excludes halogenated alkanes) is 1. The summed E-state index contributed by atoms with van der Waals surface area (Å²) in [4.78, 5) is 0. The lowest BCUT2D eigenvalue weighted by atomic mass is 9.98. The standard InChI is InChI=1S/C16H26ClN/c1-4-6-9-14(5-2)12-18-13(3)15-10-7-8-11-16(15)17/h7-8,10-11,13-14,18H,4-6,9,12H2,1-3H3/t13-,14?/m1/s1. The van der Waals surface area contributed by atoms with Crippen molar-refractivity contribution in [1.82, 2.24) is 5.32 Å². The van der Waals surface area contributed by atoms with Gasteiger partial charge in [0.15, 0.2) is 0 Å². The molecule has 102 valence electrons. The molecule has 0 saturated heterocycles. The second-order valence-electron chi connectivity index (χ2n) is 5.07. The Morgan fingerprint density at radius 1 is 1.22 bits per heavy atom. The third kappa shape index (κ3) is 4.99. The number of hydrogen-bond acceptors (Lipinski definition) is 1. The number of hydrogen-bond donors (Lipinski definition) is 1. The van der Waals surface area contributed by atoms with Gasteiger partial charge >= 0.3 is 0 Å². The molecule has 0 radical (unpaired) electrons. The van der Waals surface area contributed by atoms with E-state index >= 15 is 0 Å². The molecule has 0 aromatic heterocycles. The molecule has 2 atom stereocenters. The van der Waals surface area contributed by atoms with Gasteiger partial charge in [-0.05, 0) is 37.4 Å². The number of rotatable bonds is 8. The molecule has 0 fully saturated rings. The molecule has 0 aliphatic rings. The lowest BCUT2D eigenvalue weighted by Crippen LogP contribution is -2.25. The van der Waals surface area contributed by atoms with Crippen LogP contribution in [0.1, 0.15) is 58.1 Å². The molecule has 0 aliphatic carbocycles. The van der Waals surface area contributed by atoms with Crippen LogP contribution in [0.25, 0.3) is 0 Å². The normalized spacial score (nSPS) is 14.4. The van der Waals surface area contributed by atoms with Gasteiger partial charge in [0.25, 0.3) is 0 Å². The van der Waals surface area contributed by atoms with Crippen LogP contribution in [0.4, 0.5) is 0 Å². The molecule has 0 aliphatic heterocycles. The first-order valence-electron chi connectivity index (χ1n) is 7.16. The molecule has 0 bridgehead atoms. The van der Waals surface area contributed by atoms with Gasteiger partial charge in [0.05, 0.1) is 0 Å². The molecule has 1 N–H and O–H groups in total. The molecule has 0 saturated carbocycles. The zero-order valence-corrected chi connectivity index (χ0v) is 12.6. The monoisotopic (exact) mass is 267 g/mol. The highest BCUT2D eigenvalue weighted by Gasteiger charge is 2.11. The van der Waals surface area contributed by atoms with E-state index in [0.717, 1.165) is 17.5 Å². The highest BCUT2D eigenvalue weighted by molar-refractivity contribution is 6.31. The second kappa shape index (κ2) is 8.55. The third-order valence-corrected chi connectivity index (χ3v) is 3.97. The fourth-order valence-corrected chi connectivity index (χ4v) is 2.52. The summed E-state index contributed by atoms with van der Waals surface area (Å²) in [6.45, 7) is 7.81. The highest BCUT2D eigenvalue weighted by Crippen LogP contribution is 2.22. The number of benzene rings is 1. The van der Waals surface area contributed by atoms with E-state index in [1.165, 1.54) is 31.2 Å². The molecule has 0 heterocycles. The minimum Gasteiger partial charge on any atom is -0.310 e. The van der Waals surface area contributed by atoms with Crippen molar-refractivity contribution in [3.63, 3.8) is 0 Å². The maximum Gasteiger partial charge on any atom is 0.0453 e. The second-order valence-corrected chi connectivity index (χ2v) is 5.48. The molecule has 2 heteroatoms.